The van der Waals surface area contributed by atoms with Crippen LogP contribution in [-0.4, -0.2) is 17.8 Å². The monoisotopic (exact) mass is 227 g/mol. The van der Waals surface area contributed by atoms with Gasteiger partial charge in [-0.15, -0.1) is 0 Å². The fraction of sp³-hybridized carbons (Fsp3) is 1.00. The maximum Gasteiger partial charge on any atom is 0.0436 e. The molecular formula is C14H29NO. The van der Waals surface area contributed by atoms with Gasteiger partial charge in [-0.05, 0) is 48.9 Å². The van der Waals surface area contributed by atoms with Gasteiger partial charge in [0, 0.05) is 12.6 Å². The van der Waals surface area contributed by atoms with Gasteiger partial charge in [0.2, 0.25) is 0 Å². The summed E-state index contributed by atoms with van der Waals surface area (Å²) in [4.78, 5) is 0. The first-order valence-corrected chi connectivity index (χ1v) is 6.72. The van der Waals surface area contributed by atoms with E-state index in [1.807, 2.05) is 0 Å². The van der Waals surface area contributed by atoms with Crippen LogP contribution in [0.1, 0.15) is 59.8 Å². The second-order valence-corrected chi connectivity index (χ2v) is 6.71. The lowest BCUT2D eigenvalue weighted by molar-refractivity contribution is 0.00571. The summed E-state index contributed by atoms with van der Waals surface area (Å²) in [7, 11) is 0. The minimum atomic E-state index is 0.171. The Labute approximate surface area is 101 Å². The van der Waals surface area contributed by atoms with Crippen LogP contribution >= 0.6 is 0 Å². The summed E-state index contributed by atoms with van der Waals surface area (Å²) in [5.41, 5.74) is 6.89. The standard InChI is InChI=1S/C14H29NO/c1-5-12(15)14(6-7-16)9-11(2)8-13(3,4)10-14/h11-12,16H,5-10,15H2,1-4H3. The van der Waals surface area contributed by atoms with Crippen molar-refractivity contribution in [1.29, 1.82) is 0 Å². The summed E-state index contributed by atoms with van der Waals surface area (Å²) in [5.74, 6) is 0.730. The molecule has 2 nitrogen and oxygen atoms in total. The van der Waals surface area contributed by atoms with Gasteiger partial charge in [-0.25, -0.2) is 0 Å². The highest BCUT2D eigenvalue weighted by molar-refractivity contribution is 4.98. The average molecular weight is 227 g/mol. The van der Waals surface area contributed by atoms with Crippen molar-refractivity contribution < 1.29 is 5.11 Å². The summed E-state index contributed by atoms with van der Waals surface area (Å²) >= 11 is 0. The molecule has 16 heavy (non-hydrogen) atoms. The first-order valence-electron chi connectivity index (χ1n) is 6.72. The summed E-state index contributed by atoms with van der Waals surface area (Å²) in [6, 6.07) is 0.238. The number of hydrogen-bond acceptors (Lipinski definition) is 2. The molecule has 0 radical (unpaired) electrons. The van der Waals surface area contributed by atoms with Crippen LogP contribution < -0.4 is 5.73 Å². The Morgan fingerprint density at radius 3 is 2.44 bits per heavy atom. The molecule has 1 saturated carbocycles. The van der Waals surface area contributed by atoms with Crippen molar-refractivity contribution in [3.63, 3.8) is 0 Å². The van der Waals surface area contributed by atoms with Crippen LogP contribution in [0.15, 0.2) is 0 Å². The predicted octanol–water partition coefficient (Wildman–Crippen LogP) is 2.94. The Bertz CT molecular complexity index is 227. The van der Waals surface area contributed by atoms with Crippen molar-refractivity contribution in [1.82, 2.24) is 0 Å². The third-order valence-electron chi connectivity index (χ3n) is 4.32. The topological polar surface area (TPSA) is 46.2 Å². The molecule has 0 saturated heterocycles. The fourth-order valence-electron chi connectivity index (χ4n) is 4.12. The molecule has 0 aromatic heterocycles. The van der Waals surface area contributed by atoms with Crippen molar-refractivity contribution >= 4 is 0 Å². The molecule has 3 atom stereocenters. The Morgan fingerprint density at radius 2 is 2.00 bits per heavy atom. The molecule has 0 aromatic rings. The van der Waals surface area contributed by atoms with Gasteiger partial charge in [0.05, 0.1) is 0 Å². The quantitative estimate of drug-likeness (QED) is 0.775. The largest absolute Gasteiger partial charge is 0.396 e. The van der Waals surface area contributed by atoms with Crippen molar-refractivity contribution in [2.75, 3.05) is 6.61 Å². The summed E-state index contributed by atoms with van der Waals surface area (Å²) in [5, 5.41) is 9.33. The molecule has 0 aromatic carbocycles. The van der Waals surface area contributed by atoms with Crippen molar-refractivity contribution in [2.45, 2.75) is 65.8 Å². The Morgan fingerprint density at radius 1 is 1.38 bits per heavy atom. The smallest absolute Gasteiger partial charge is 0.0436 e. The van der Waals surface area contributed by atoms with Gasteiger partial charge in [0.15, 0.2) is 0 Å². The second-order valence-electron chi connectivity index (χ2n) is 6.71. The lowest BCUT2D eigenvalue weighted by Crippen LogP contribution is -2.49. The van der Waals surface area contributed by atoms with Crippen molar-refractivity contribution in [3.8, 4) is 0 Å². The van der Waals surface area contributed by atoms with Crippen LogP contribution in [0.4, 0.5) is 0 Å². The van der Waals surface area contributed by atoms with Gasteiger partial charge in [0.1, 0.15) is 0 Å². The molecule has 0 spiro atoms. The van der Waals surface area contributed by atoms with E-state index in [9.17, 15) is 5.11 Å². The van der Waals surface area contributed by atoms with Crippen LogP contribution in [0.3, 0.4) is 0 Å². The van der Waals surface area contributed by atoms with Gasteiger partial charge in [-0.1, -0.05) is 27.7 Å². The van der Waals surface area contributed by atoms with Crippen LogP contribution in [0.25, 0.3) is 0 Å². The average Bonchev–Trinajstić information content (AvgIpc) is 2.13. The SMILES string of the molecule is CCC(N)C1(CCO)CC(C)CC(C)(C)C1. The summed E-state index contributed by atoms with van der Waals surface area (Å²) in [6.45, 7) is 9.45. The third-order valence-corrected chi connectivity index (χ3v) is 4.32. The molecule has 1 aliphatic carbocycles. The number of rotatable bonds is 4. The molecule has 0 aliphatic heterocycles. The van der Waals surface area contributed by atoms with E-state index in [4.69, 9.17) is 5.73 Å². The van der Waals surface area contributed by atoms with Crippen LogP contribution in [0.5, 0.6) is 0 Å². The molecule has 0 heterocycles. The molecular weight excluding hydrogens is 198 g/mol. The van der Waals surface area contributed by atoms with E-state index >= 15 is 0 Å². The Hall–Kier alpha value is -0.0800. The van der Waals surface area contributed by atoms with E-state index < -0.39 is 0 Å². The molecule has 0 bridgehead atoms. The van der Waals surface area contributed by atoms with E-state index in [1.165, 1.54) is 19.3 Å². The van der Waals surface area contributed by atoms with E-state index in [0.29, 0.717) is 5.41 Å². The lowest BCUT2D eigenvalue weighted by Gasteiger charge is -2.50. The minimum absolute atomic E-state index is 0.171. The van der Waals surface area contributed by atoms with Crippen LogP contribution in [0.2, 0.25) is 0 Å². The molecule has 96 valence electrons. The number of nitrogens with two attached hydrogens (primary N) is 1. The predicted molar refractivity (Wildman–Crippen MR) is 69.2 cm³/mol. The van der Waals surface area contributed by atoms with E-state index in [2.05, 4.69) is 27.7 Å². The highest BCUT2D eigenvalue weighted by Crippen LogP contribution is 2.52. The maximum absolute atomic E-state index is 9.33. The summed E-state index contributed by atoms with van der Waals surface area (Å²) in [6.07, 6.45) is 5.53. The van der Waals surface area contributed by atoms with E-state index in [-0.39, 0.29) is 18.1 Å². The van der Waals surface area contributed by atoms with E-state index in [1.54, 1.807) is 0 Å². The molecule has 1 rings (SSSR count). The fourth-order valence-corrected chi connectivity index (χ4v) is 4.12. The van der Waals surface area contributed by atoms with Gasteiger partial charge < -0.3 is 10.8 Å². The zero-order chi connectivity index (χ0) is 12.4. The normalized spacial score (nSPS) is 36.0. The van der Waals surface area contributed by atoms with Crippen LogP contribution in [0, 0.1) is 16.7 Å². The zero-order valence-corrected chi connectivity index (χ0v) is 11.4. The second kappa shape index (κ2) is 5.05. The molecule has 1 aliphatic rings. The minimum Gasteiger partial charge on any atom is -0.396 e. The van der Waals surface area contributed by atoms with Crippen LogP contribution in [-0.2, 0) is 0 Å². The van der Waals surface area contributed by atoms with Gasteiger partial charge in [-0.2, -0.15) is 0 Å². The number of aliphatic hydroxyl groups is 1. The first kappa shape index (κ1) is 14.0. The van der Waals surface area contributed by atoms with Gasteiger partial charge in [0.25, 0.3) is 0 Å². The number of hydrogen-bond donors (Lipinski definition) is 2. The van der Waals surface area contributed by atoms with Gasteiger partial charge >= 0.3 is 0 Å². The number of aliphatic hydroxyl groups excluding tert-OH is 1. The molecule has 3 N–H and O–H groups in total. The molecule has 2 heteroatoms. The summed E-state index contributed by atoms with van der Waals surface area (Å²) < 4.78 is 0. The zero-order valence-electron chi connectivity index (χ0n) is 11.4. The molecule has 0 amide bonds. The van der Waals surface area contributed by atoms with Gasteiger partial charge in [-0.3, -0.25) is 0 Å². The highest BCUT2D eigenvalue weighted by atomic mass is 16.3. The Kier molecular flexibility index (Phi) is 4.42. The third kappa shape index (κ3) is 2.98. The molecule has 1 fully saturated rings. The maximum atomic E-state index is 9.33. The first-order chi connectivity index (χ1) is 7.35. The Balaban J connectivity index is 2.90. The van der Waals surface area contributed by atoms with Crippen molar-refractivity contribution in [2.24, 2.45) is 22.5 Å². The highest BCUT2D eigenvalue weighted by Gasteiger charge is 2.45. The van der Waals surface area contributed by atoms with Crippen molar-refractivity contribution in [3.05, 3.63) is 0 Å². The molecule has 3 unspecified atom stereocenters. The van der Waals surface area contributed by atoms with E-state index in [0.717, 1.165) is 18.8 Å². The lowest BCUT2D eigenvalue weighted by atomic mass is 9.56.